The summed E-state index contributed by atoms with van der Waals surface area (Å²) in [5, 5.41) is 0. The van der Waals surface area contributed by atoms with Gasteiger partial charge < -0.3 is 23.7 Å². The maximum Gasteiger partial charge on any atom is 0.434 e. The fourth-order valence-electron chi connectivity index (χ4n) is 4.53. The van der Waals surface area contributed by atoms with Crippen molar-refractivity contribution in [1.29, 1.82) is 0 Å². The number of methoxy groups -OCH3 is 1. The number of carbonyl (C=O) groups excluding carboxylic acids is 4. The molecule has 0 unspecified atom stereocenters. The molecule has 2 aromatic rings. The monoisotopic (exact) mass is 768 g/mol. The van der Waals surface area contributed by atoms with Gasteiger partial charge >= 0.3 is 36.2 Å². The lowest BCUT2D eigenvalue weighted by molar-refractivity contribution is -0.151. The highest BCUT2D eigenvalue weighted by Gasteiger charge is 2.47. The molecule has 52 heavy (non-hydrogen) atoms. The van der Waals surface area contributed by atoms with Crippen molar-refractivity contribution in [2.24, 2.45) is 0 Å². The summed E-state index contributed by atoms with van der Waals surface area (Å²) in [6.45, 7) is 5.27. The van der Waals surface area contributed by atoms with Crippen LogP contribution in [0.25, 0.3) is 0 Å². The van der Waals surface area contributed by atoms with Gasteiger partial charge in [-0.2, -0.15) is 26.3 Å². The lowest BCUT2D eigenvalue weighted by Crippen LogP contribution is -2.28. The van der Waals surface area contributed by atoms with Crippen LogP contribution >= 0.6 is 0 Å². The first-order valence-electron chi connectivity index (χ1n) is 15.2. The molecule has 0 saturated heterocycles. The molecule has 0 aliphatic rings. The van der Waals surface area contributed by atoms with E-state index >= 15 is 0 Å². The maximum absolute atomic E-state index is 13.3. The van der Waals surface area contributed by atoms with E-state index in [1.54, 1.807) is 6.92 Å². The molecule has 292 valence electrons. The third kappa shape index (κ3) is 11.2. The second-order valence-corrected chi connectivity index (χ2v) is 9.81. The minimum atomic E-state index is -5.43. The average Bonchev–Trinajstić information content (AvgIpc) is 3.03. The van der Waals surface area contributed by atoms with Gasteiger partial charge in [-0.15, -0.1) is 0 Å². The van der Waals surface area contributed by atoms with Gasteiger partial charge in [-0.1, -0.05) is 13.3 Å². The molecule has 21 heteroatoms. The summed E-state index contributed by atoms with van der Waals surface area (Å²) < 4.78 is 156. The van der Waals surface area contributed by atoms with Gasteiger partial charge in [0.1, 0.15) is 11.4 Å². The first kappa shape index (κ1) is 45.5. The molecule has 11 nitrogen and oxygen atoms in total. The van der Waals surface area contributed by atoms with E-state index in [0.717, 1.165) is 7.11 Å². The van der Waals surface area contributed by atoms with E-state index in [1.807, 2.05) is 0 Å². The first-order chi connectivity index (χ1) is 24.2. The van der Waals surface area contributed by atoms with E-state index in [-0.39, 0.29) is 38.4 Å². The number of aromatic nitrogens is 2. The van der Waals surface area contributed by atoms with E-state index < -0.39 is 106 Å². The molecule has 0 fully saturated rings. The number of esters is 4. The molecule has 0 aliphatic carbocycles. The Balaban J connectivity index is 0.000000522. The van der Waals surface area contributed by atoms with Gasteiger partial charge in [-0.25, -0.2) is 46.7 Å². The van der Waals surface area contributed by atoms with Crippen molar-refractivity contribution in [2.75, 3.05) is 33.5 Å². The van der Waals surface area contributed by atoms with E-state index in [1.165, 1.54) is 27.7 Å². The highest BCUT2D eigenvalue weighted by atomic mass is 19.4. The van der Waals surface area contributed by atoms with E-state index in [4.69, 9.17) is 9.47 Å². The van der Waals surface area contributed by atoms with Gasteiger partial charge in [0.15, 0.2) is 11.4 Å². The largest absolute Gasteiger partial charge is 0.462 e. The first-order valence-corrected chi connectivity index (χ1v) is 15.2. The predicted octanol–water partition coefficient (Wildman–Crippen LogP) is 7.88. The second kappa shape index (κ2) is 19.9. The Kier molecular flexibility index (Phi) is 17.4. The summed E-state index contributed by atoms with van der Waals surface area (Å²) >= 11 is 0. The van der Waals surface area contributed by atoms with Crippen molar-refractivity contribution >= 4 is 23.9 Å². The zero-order valence-electron chi connectivity index (χ0n) is 28.5. The third-order valence-corrected chi connectivity index (χ3v) is 6.31. The van der Waals surface area contributed by atoms with Crippen molar-refractivity contribution in [1.82, 2.24) is 9.97 Å². The van der Waals surface area contributed by atoms with Gasteiger partial charge in [0, 0.05) is 12.7 Å². The maximum atomic E-state index is 13.3. The SMILES string of the molecule is CCCc1c(C(=O)OCC)c(C(F)F)nc(C(F)F)c1C(=O)OCC.CCOC(=O)c1c(C(F)(F)F)nc(C(F)(F)F)c(C(=O)OCC)c1COC. The number of halogens is 10. The zero-order valence-corrected chi connectivity index (χ0v) is 28.5. The second-order valence-electron chi connectivity index (χ2n) is 9.81. The van der Waals surface area contributed by atoms with Crippen LogP contribution in [0.15, 0.2) is 0 Å². The minimum absolute atomic E-state index is 0.0652. The Labute approximate surface area is 289 Å². The fourth-order valence-corrected chi connectivity index (χ4v) is 4.53. The van der Waals surface area contributed by atoms with Crippen LogP contribution in [0.5, 0.6) is 0 Å². The molecule has 0 aromatic carbocycles. The Bertz CT molecular complexity index is 1480. The Morgan fingerprint density at radius 2 is 0.885 bits per heavy atom. The molecular formula is C31H34F10N2O9. The molecule has 0 radical (unpaired) electrons. The molecule has 0 saturated carbocycles. The Morgan fingerprint density at radius 1 is 0.558 bits per heavy atom. The molecule has 0 N–H and O–H groups in total. The average molecular weight is 769 g/mol. The highest BCUT2D eigenvalue weighted by Crippen LogP contribution is 2.40. The van der Waals surface area contributed by atoms with E-state index in [9.17, 15) is 63.1 Å². The number of rotatable bonds is 14. The summed E-state index contributed by atoms with van der Waals surface area (Å²) in [7, 11) is 0.963. The van der Waals surface area contributed by atoms with Gasteiger partial charge in [-0.05, 0) is 39.7 Å². The van der Waals surface area contributed by atoms with Crippen LogP contribution < -0.4 is 0 Å². The van der Waals surface area contributed by atoms with E-state index in [2.05, 4.69) is 24.2 Å². The van der Waals surface area contributed by atoms with Crippen molar-refractivity contribution in [3.8, 4) is 0 Å². The highest BCUT2D eigenvalue weighted by molar-refractivity contribution is 6.00. The smallest absolute Gasteiger partial charge is 0.434 e. The van der Waals surface area contributed by atoms with Gasteiger partial charge in [0.05, 0.1) is 55.3 Å². The van der Waals surface area contributed by atoms with Crippen LogP contribution in [0.4, 0.5) is 43.9 Å². The van der Waals surface area contributed by atoms with Crippen molar-refractivity contribution in [3.05, 3.63) is 56.2 Å². The van der Waals surface area contributed by atoms with Crippen LogP contribution in [-0.2, 0) is 49.1 Å². The molecule has 2 aromatic heterocycles. The lowest BCUT2D eigenvalue weighted by Gasteiger charge is -2.21. The zero-order chi connectivity index (χ0) is 40.1. The van der Waals surface area contributed by atoms with Gasteiger partial charge in [0.25, 0.3) is 12.9 Å². The topological polar surface area (TPSA) is 140 Å². The van der Waals surface area contributed by atoms with Crippen LogP contribution in [0, 0.1) is 0 Å². The number of ether oxygens (including phenoxy) is 5. The molecular weight excluding hydrogens is 734 g/mol. The summed E-state index contributed by atoms with van der Waals surface area (Å²) in [4.78, 5) is 54.2. The van der Waals surface area contributed by atoms with Crippen molar-refractivity contribution in [3.63, 3.8) is 0 Å². The Morgan fingerprint density at radius 3 is 1.13 bits per heavy atom. The molecule has 0 spiro atoms. The summed E-state index contributed by atoms with van der Waals surface area (Å²) in [6.07, 6.45) is -17.2. The number of hydrogen-bond donors (Lipinski definition) is 0. The fraction of sp³-hybridized carbons (Fsp3) is 0.548. The van der Waals surface area contributed by atoms with Crippen molar-refractivity contribution < 1.29 is 86.8 Å². The summed E-state index contributed by atoms with van der Waals surface area (Å²) in [6, 6.07) is 0. The van der Waals surface area contributed by atoms with Crippen LogP contribution in [0.1, 0.15) is 129 Å². The van der Waals surface area contributed by atoms with Crippen LogP contribution in [-0.4, -0.2) is 67.4 Å². The minimum Gasteiger partial charge on any atom is -0.462 e. The van der Waals surface area contributed by atoms with Crippen LogP contribution in [0.2, 0.25) is 0 Å². The Hall–Kier alpha value is -4.56. The summed E-state index contributed by atoms with van der Waals surface area (Å²) in [5.41, 5.74) is -11.7. The van der Waals surface area contributed by atoms with Crippen LogP contribution in [0.3, 0.4) is 0 Å². The van der Waals surface area contributed by atoms with E-state index in [0.29, 0.717) is 6.42 Å². The van der Waals surface area contributed by atoms with Gasteiger partial charge in [-0.3, -0.25) is 0 Å². The van der Waals surface area contributed by atoms with Crippen molar-refractivity contribution in [2.45, 2.75) is 79.3 Å². The van der Waals surface area contributed by atoms with Gasteiger partial charge in [0.2, 0.25) is 0 Å². The standard InChI is InChI=1S/C16H19F4NO4.C15H15F6NO5/c1-4-7-8-9(15(22)24-5-2)11(13(17)18)21-12(14(19)20)10(8)16(23)25-6-3;1-4-26-12(23)8-7(6-25-3)9(13(24)27-5-2)11(15(19,20)21)22-10(8)14(16,17)18/h13-14H,4-7H2,1-3H3;4-6H2,1-3H3. The predicted molar refractivity (Wildman–Crippen MR) is 157 cm³/mol. The molecule has 2 heterocycles. The number of alkyl halides is 10. The molecule has 0 bridgehead atoms. The quantitative estimate of drug-likeness (QED) is 0.105. The number of hydrogen-bond acceptors (Lipinski definition) is 11. The third-order valence-electron chi connectivity index (χ3n) is 6.31. The number of carbonyl (C=O) groups is 4. The molecule has 2 rings (SSSR count). The number of pyridine rings is 2. The normalized spacial score (nSPS) is 11.6. The molecule has 0 atom stereocenters. The molecule has 0 aliphatic heterocycles. The molecule has 0 amide bonds. The summed E-state index contributed by atoms with van der Waals surface area (Å²) in [5.74, 6) is -5.47. The lowest BCUT2D eigenvalue weighted by atomic mass is 9.94. The number of nitrogens with zero attached hydrogens (tertiary/aromatic N) is 2.